The zero-order valence-corrected chi connectivity index (χ0v) is 12.5. The third-order valence-electron chi connectivity index (χ3n) is 3.63. The molecule has 2 atom stereocenters. The van der Waals surface area contributed by atoms with Crippen LogP contribution in [0.25, 0.3) is 0 Å². The minimum atomic E-state index is -0.953. The number of halogens is 2. The normalized spacial score (nSPS) is 22.1. The summed E-state index contributed by atoms with van der Waals surface area (Å²) in [5.74, 6) is -1.20. The maximum Gasteiger partial charge on any atom is 0.326 e. The number of amides is 1. The Kier molecular flexibility index (Phi) is 4.55. The van der Waals surface area contributed by atoms with E-state index in [9.17, 15) is 14.7 Å². The predicted octanol–water partition coefficient (Wildman–Crippen LogP) is 2.86. The fourth-order valence-corrected chi connectivity index (χ4v) is 3.01. The van der Waals surface area contributed by atoms with Crippen molar-refractivity contribution in [2.45, 2.75) is 25.8 Å². The minimum absolute atomic E-state index is 0.0304. The molecule has 2 rings (SSSR count). The summed E-state index contributed by atoms with van der Waals surface area (Å²) >= 11 is 11.8. The van der Waals surface area contributed by atoms with Gasteiger partial charge in [-0.3, -0.25) is 4.79 Å². The number of carboxylic acid groups (broad SMARTS) is 1. The largest absolute Gasteiger partial charge is 0.480 e. The number of carbonyl (C=O) groups is 2. The monoisotopic (exact) mass is 315 g/mol. The molecular weight excluding hydrogens is 301 g/mol. The van der Waals surface area contributed by atoms with Gasteiger partial charge in [0, 0.05) is 16.6 Å². The number of benzene rings is 1. The molecule has 0 aliphatic carbocycles. The molecule has 1 saturated heterocycles. The van der Waals surface area contributed by atoms with Gasteiger partial charge in [0.25, 0.3) is 0 Å². The van der Waals surface area contributed by atoms with Gasteiger partial charge in [0.2, 0.25) is 5.91 Å². The Bertz CT molecular complexity index is 547. The number of carbonyl (C=O) groups excluding carboxylic acids is 1. The average molecular weight is 316 g/mol. The van der Waals surface area contributed by atoms with E-state index in [4.69, 9.17) is 23.2 Å². The van der Waals surface area contributed by atoms with Gasteiger partial charge in [-0.1, -0.05) is 36.2 Å². The lowest BCUT2D eigenvalue weighted by molar-refractivity contribution is -0.149. The van der Waals surface area contributed by atoms with Crippen LogP contribution < -0.4 is 0 Å². The van der Waals surface area contributed by atoms with E-state index in [2.05, 4.69) is 0 Å². The van der Waals surface area contributed by atoms with Gasteiger partial charge in [-0.2, -0.15) is 0 Å². The van der Waals surface area contributed by atoms with Crippen molar-refractivity contribution in [2.75, 3.05) is 6.54 Å². The molecule has 4 nitrogen and oxygen atoms in total. The zero-order chi connectivity index (χ0) is 14.9. The highest BCUT2D eigenvalue weighted by Crippen LogP contribution is 2.27. The molecule has 0 bridgehead atoms. The number of carboxylic acids is 1. The first-order valence-electron chi connectivity index (χ1n) is 6.36. The molecule has 1 fully saturated rings. The Hall–Kier alpha value is -1.26. The summed E-state index contributed by atoms with van der Waals surface area (Å²) in [6.45, 7) is 2.32. The number of hydrogen-bond donors (Lipinski definition) is 1. The molecule has 0 saturated carbocycles. The topological polar surface area (TPSA) is 57.6 Å². The minimum Gasteiger partial charge on any atom is -0.480 e. The number of aliphatic carboxylic acids is 1. The van der Waals surface area contributed by atoms with Crippen molar-refractivity contribution in [2.24, 2.45) is 5.92 Å². The molecule has 1 heterocycles. The summed E-state index contributed by atoms with van der Waals surface area (Å²) < 4.78 is 0. The van der Waals surface area contributed by atoms with Gasteiger partial charge in [-0.05, 0) is 30.0 Å². The van der Waals surface area contributed by atoms with E-state index >= 15 is 0 Å². The fraction of sp³-hybridized carbons (Fsp3) is 0.429. The smallest absolute Gasteiger partial charge is 0.326 e. The van der Waals surface area contributed by atoms with E-state index in [1.165, 1.54) is 4.90 Å². The quantitative estimate of drug-likeness (QED) is 0.933. The first-order valence-corrected chi connectivity index (χ1v) is 7.12. The van der Waals surface area contributed by atoms with E-state index in [0.29, 0.717) is 28.6 Å². The maximum atomic E-state index is 12.3. The molecule has 1 aliphatic heterocycles. The number of hydrogen-bond acceptors (Lipinski definition) is 2. The van der Waals surface area contributed by atoms with Gasteiger partial charge in [-0.25, -0.2) is 4.79 Å². The lowest BCUT2D eigenvalue weighted by Gasteiger charge is -2.23. The van der Waals surface area contributed by atoms with Crippen molar-refractivity contribution in [3.63, 3.8) is 0 Å². The first-order chi connectivity index (χ1) is 9.40. The Morgan fingerprint density at radius 1 is 1.40 bits per heavy atom. The SMILES string of the molecule is CC1CCN(C(=O)Cc2ccc(Cl)cc2Cl)C1C(=O)O. The van der Waals surface area contributed by atoms with Gasteiger partial charge in [-0.15, -0.1) is 0 Å². The molecule has 1 N–H and O–H groups in total. The summed E-state index contributed by atoms with van der Waals surface area (Å²) in [4.78, 5) is 25.0. The van der Waals surface area contributed by atoms with E-state index in [1.807, 2.05) is 6.92 Å². The Labute approximate surface area is 127 Å². The van der Waals surface area contributed by atoms with Crippen LogP contribution >= 0.6 is 23.2 Å². The molecule has 108 valence electrons. The van der Waals surface area contributed by atoms with Crippen molar-refractivity contribution in [3.05, 3.63) is 33.8 Å². The molecule has 0 radical (unpaired) electrons. The molecule has 0 aromatic heterocycles. The van der Waals surface area contributed by atoms with Crippen LogP contribution in [0.4, 0.5) is 0 Å². The number of rotatable bonds is 3. The second-order valence-corrected chi connectivity index (χ2v) is 5.89. The highest BCUT2D eigenvalue weighted by Gasteiger charge is 2.39. The molecule has 20 heavy (non-hydrogen) atoms. The molecule has 1 aliphatic rings. The third kappa shape index (κ3) is 3.07. The van der Waals surface area contributed by atoms with Crippen LogP contribution in [0.3, 0.4) is 0 Å². The van der Waals surface area contributed by atoms with E-state index in [0.717, 1.165) is 0 Å². The van der Waals surface area contributed by atoms with Crippen LogP contribution in [-0.4, -0.2) is 34.5 Å². The van der Waals surface area contributed by atoms with Crippen molar-refractivity contribution in [3.8, 4) is 0 Å². The van der Waals surface area contributed by atoms with Crippen molar-refractivity contribution in [1.29, 1.82) is 0 Å². The summed E-state index contributed by atoms with van der Waals surface area (Å²) in [7, 11) is 0. The lowest BCUT2D eigenvalue weighted by Crippen LogP contribution is -2.43. The molecule has 1 amide bonds. The van der Waals surface area contributed by atoms with Crippen molar-refractivity contribution in [1.82, 2.24) is 4.90 Å². The van der Waals surface area contributed by atoms with Crippen LogP contribution in [0.15, 0.2) is 18.2 Å². The second kappa shape index (κ2) is 6.02. The summed E-state index contributed by atoms with van der Waals surface area (Å²) in [6, 6.07) is 4.19. The van der Waals surface area contributed by atoms with Crippen LogP contribution in [0, 0.1) is 5.92 Å². The first kappa shape index (κ1) is 15.1. The number of likely N-dealkylation sites (tertiary alicyclic amines) is 1. The van der Waals surface area contributed by atoms with Crippen molar-refractivity contribution >= 4 is 35.1 Å². The molecule has 1 aromatic carbocycles. The van der Waals surface area contributed by atoms with Crippen molar-refractivity contribution < 1.29 is 14.7 Å². The zero-order valence-electron chi connectivity index (χ0n) is 11.0. The van der Waals surface area contributed by atoms with E-state index in [-0.39, 0.29) is 18.2 Å². The van der Waals surface area contributed by atoms with Gasteiger partial charge in [0.05, 0.1) is 6.42 Å². The highest BCUT2D eigenvalue weighted by molar-refractivity contribution is 6.35. The Morgan fingerprint density at radius 3 is 2.70 bits per heavy atom. The van der Waals surface area contributed by atoms with Crippen LogP contribution in [0.1, 0.15) is 18.9 Å². The van der Waals surface area contributed by atoms with Gasteiger partial charge >= 0.3 is 5.97 Å². The third-order valence-corrected chi connectivity index (χ3v) is 4.22. The molecule has 6 heteroatoms. The van der Waals surface area contributed by atoms with E-state index < -0.39 is 12.0 Å². The predicted molar refractivity (Wildman–Crippen MR) is 77.1 cm³/mol. The molecule has 0 spiro atoms. The molecule has 1 aromatic rings. The van der Waals surface area contributed by atoms with Gasteiger partial charge in [0.1, 0.15) is 6.04 Å². The summed E-state index contributed by atoms with van der Waals surface area (Å²) in [5, 5.41) is 10.1. The standard InChI is InChI=1S/C14H15Cl2NO3/c1-8-4-5-17(13(8)14(19)20)12(18)6-9-2-3-10(15)7-11(9)16/h2-3,7-8,13H,4-6H2,1H3,(H,19,20). The number of nitrogens with zero attached hydrogens (tertiary/aromatic N) is 1. The fourth-order valence-electron chi connectivity index (χ4n) is 2.53. The second-order valence-electron chi connectivity index (χ2n) is 5.05. The molecule has 2 unspecified atom stereocenters. The Morgan fingerprint density at radius 2 is 2.10 bits per heavy atom. The maximum absolute atomic E-state index is 12.3. The molecular formula is C14H15Cl2NO3. The lowest BCUT2D eigenvalue weighted by atomic mass is 10.0. The summed E-state index contributed by atoms with van der Waals surface area (Å²) in [6.07, 6.45) is 0.795. The van der Waals surface area contributed by atoms with Crippen LogP contribution in [0.5, 0.6) is 0 Å². The summed E-state index contributed by atoms with van der Waals surface area (Å²) in [5.41, 5.74) is 0.657. The van der Waals surface area contributed by atoms with Crippen LogP contribution in [0.2, 0.25) is 10.0 Å². The highest BCUT2D eigenvalue weighted by atomic mass is 35.5. The Balaban J connectivity index is 2.14. The average Bonchev–Trinajstić information content (AvgIpc) is 2.74. The van der Waals surface area contributed by atoms with E-state index in [1.54, 1.807) is 18.2 Å². The van der Waals surface area contributed by atoms with Crippen LogP contribution in [-0.2, 0) is 16.0 Å². The van der Waals surface area contributed by atoms with Gasteiger partial charge < -0.3 is 10.0 Å². The van der Waals surface area contributed by atoms with Gasteiger partial charge in [0.15, 0.2) is 0 Å².